The fourth-order valence-corrected chi connectivity index (χ4v) is 2.97. The molecule has 2 amide bonds. The zero-order valence-electron chi connectivity index (χ0n) is 11.9. The topological polar surface area (TPSA) is 82.8 Å². The maximum atomic E-state index is 12.5. The molecule has 21 heavy (non-hydrogen) atoms. The first-order valence-corrected chi connectivity index (χ1v) is 7.45. The molecule has 0 radical (unpaired) electrons. The molecular formula is C15H20N2O4. The predicted molar refractivity (Wildman–Crippen MR) is 74.6 cm³/mol. The Morgan fingerprint density at radius 1 is 1.38 bits per heavy atom. The van der Waals surface area contributed by atoms with Crippen LogP contribution in [0.1, 0.15) is 44.3 Å². The highest BCUT2D eigenvalue weighted by Gasteiger charge is 2.45. The Labute approximate surface area is 123 Å². The number of hydrogen-bond donors (Lipinski definition) is 2. The number of rotatable bonds is 5. The zero-order valence-corrected chi connectivity index (χ0v) is 11.9. The maximum absolute atomic E-state index is 12.5. The Balaban J connectivity index is 1.70. The van der Waals surface area contributed by atoms with Crippen molar-refractivity contribution in [2.24, 2.45) is 0 Å². The predicted octanol–water partition coefficient (Wildman–Crippen LogP) is 2.35. The summed E-state index contributed by atoms with van der Waals surface area (Å²) in [7, 11) is 0. The Bertz CT molecular complexity index is 516. The van der Waals surface area contributed by atoms with Gasteiger partial charge >= 0.3 is 12.0 Å². The summed E-state index contributed by atoms with van der Waals surface area (Å²) in [5.41, 5.74) is -1.09. The first-order valence-electron chi connectivity index (χ1n) is 7.45. The molecule has 114 valence electrons. The SMILES string of the molecule is O=C(NC1(C(=O)O)CCCC1)N(Cc1ccco1)C1CC1. The normalized spacial score (nSPS) is 20.2. The highest BCUT2D eigenvalue weighted by molar-refractivity contribution is 5.86. The van der Waals surface area contributed by atoms with E-state index in [1.165, 1.54) is 0 Å². The number of amides is 2. The lowest BCUT2D eigenvalue weighted by atomic mass is 9.98. The van der Waals surface area contributed by atoms with Crippen LogP contribution in [0, 0.1) is 0 Å². The van der Waals surface area contributed by atoms with Crippen LogP contribution in [0.2, 0.25) is 0 Å². The third-order valence-corrected chi connectivity index (χ3v) is 4.37. The number of furan rings is 1. The van der Waals surface area contributed by atoms with E-state index in [0.29, 0.717) is 25.1 Å². The quantitative estimate of drug-likeness (QED) is 0.872. The van der Waals surface area contributed by atoms with Crippen LogP contribution in [-0.4, -0.2) is 33.6 Å². The van der Waals surface area contributed by atoms with E-state index in [4.69, 9.17) is 4.42 Å². The van der Waals surface area contributed by atoms with Crippen LogP contribution >= 0.6 is 0 Å². The third-order valence-electron chi connectivity index (χ3n) is 4.37. The standard InChI is InChI=1S/C15H20N2O4/c18-13(19)15(7-1-2-8-15)16-14(20)17(11-5-6-11)10-12-4-3-9-21-12/h3-4,9,11H,1-2,5-8,10H2,(H,16,20)(H,18,19). The number of nitrogens with zero attached hydrogens (tertiary/aromatic N) is 1. The second kappa shape index (κ2) is 5.42. The van der Waals surface area contributed by atoms with Crippen LogP contribution in [-0.2, 0) is 11.3 Å². The van der Waals surface area contributed by atoms with E-state index >= 15 is 0 Å². The lowest BCUT2D eigenvalue weighted by Crippen LogP contribution is -2.56. The molecule has 2 saturated carbocycles. The number of carboxylic acid groups (broad SMARTS) is 1. The van der Waals surface area contributed by atoms with Gasteiger partial charge in [-0.1, -0.05) is 12.8 Å². The van der Waals surface area contributed by atoms with E-state index in [0.717, 1.165) is 25.7 Å². The second-order valence-electron chi connectivity index (χ2n) is 5.96. The number of carbonyl (C=O) groups excluding carboxylic acids is 1. The Morgan fingerprint density at radius 3 is 2.62 bits per heavy atom. The van der Waals surface area contributed by atoms with Crippen molar-refractivity contribution in [1.82, 2.24) is 10.2 Å². The lowest BCUT2D eigenvalue weighted by Gasteiger charge is -2.30. The van der Waals surface area contributed by atoms with Gasteiger partial charge in [0.1, 0.15) is 11.3 Å². The summed E-state index contributed by atoms with van der Waals surface area (Å²) in [4.78, 5) is 25.8. The van der Waals surface area contributed by atoms with Gasteiger partial charge in [0.15, 0.2) is 0 Å². The number of nitrogens with one attached hydrogen (secondary N) is 1. The van der Waals surface area contributed by atoms with E-state index in [1.807, 2.05) is 6.07 Å². The van der Waals surface area contributed by atoms with Gasteiger partial charge in [0, 0.05) is 6.04 Å². The van der Waals surface area contributed by atoms with Crippen molar-refractivity contribution in [3.63, 3.8) is 0 Å². The number of urea groups is 1. The highest BCUT2D eigenvalue weighted by Crippen LogP contribution is 2.32. The van der Waals surface area contributed by atoms with Crippen molar-refractivity contribution >= 4 is 12.0 Å². The van der Waals surface area contributed by atoms with Gasteiger partial charge < -0.3 is 19.7 Å². The molecule has 3 rings (SSSR count). The molecule has 1 heterocycles. The summed E-state index contributed by atoms with van der Waals surface area (Å²) < 4.78 is 5.30. The minimum Gasteiger partial charge on any atom is -0.480 e. The van der Waals surface area contributed by atoms with Gasteiger partial charge in [-0.05, 0) is 37.8 Å². The smallest absolute Gasteiger partial charge is 0.329 e. The Kier molecular flexibility index (Phi) is 3.61. The molecule has 1 aromatic heterocycles. The van der Waals surface area contributed by atoms with Gasteiger partial charge in [-0.2, -0.15) is 0 Å². The number of aliphatic carboxylic acids is 1. The number of carbonyl (C=O) groups is 2. The van der Waals surface area contributed by atoms with Gasteiger partial charge in [-0.25, -0.2) is 9.59 Å². The first-order chi connectivity index (χ1) is 10.1. The fraction of sp³-hybridized carbons (Fsp3) is 0.600. The number of hydrogen-bond acceptors (Lipinski definition) is 3. The summed E-state index contributed by atoms with van der Waals surface area (Å²) in [6.07, 6.45) is 6.21. The van der Waals surface area contributed by atoms with Crippen LogP contribution in [0.3, 0.4) is 0 Å². The molecule has 0 bridgehead atoms. The number of carboxylic acids is 1. The van der Waals surface area contributed by atoms with Gasteiger partial charge in [-0.15, -0.1) is 0 Å². The van der Waals surface area contributed by atoms with E-state index in [9.17, 15) is 14.7 Å². The van der Waals surface area contributed by atoms with Gasteiger partial charge in [0.05, 0.1) is 12.8 Å². The van der Waals surface area contributed by atoms with Crippen molar-refractivity contribution in [3.8, 4) is 0 Å². The van der Waals surface area contributed by atoms with Crippen molar-refractivity contribution in [2.75, 3.05) is 0 Å². The van der Waals surface area contributed by atoms with Crippen molar-refractivity contribution in [3.05, 3.63) is 24.2 Å². The van der Waals surface area contributed by atoms with E-state index in [1.54, 1.807) is 17.2 Å². The largest absolute Gasteiger partial charge is 0.480 e. The summed E-state index contributed by atoms with van der Waals surface area (Å²) in [5.74, 6) is -0.213. The van der Waals surface area contributed by atoms with Gasteiger partial charge in [0.2, 0.25) is 0 Å². The fourth-order valence-electron chi connectivity index (χ4n) is 2.97. The van der Waals surface area contributed by atoms with Crippen LogP contribution in [0.5, 0.6) is 0 Å². The van der Waals surface area contributed by atoms with E-state index < -0.39 is 11.5 Å². The van der Waals surface area contributed by atoms with Crippen LogP contribution in [0.25, 0.3) is 0 Å². The summed E-state index contributed by atoms with van der Waals surface area (Å²) in [6.45, 7) is 0.388. The molecular weight excluding hydrogens is 272 g/mol. The van der Waals surface area contributed by atoms with Crippen LogP contribution in [0.15, 0.2) is 22.8 Å². The molecule has 0 atom stereocenters. The summed E-state index contributed by atoms with van der Waals surface area (Å²) >= 11 is 0. The second-order valence-corrected chi connectivity index (χ2v) is 5.96. The average Bonchev–Trinajstić information content (AvgIpc) is 2.97. The van der Waals surface area contributed by atoms with Crippen molar-refractivity contribution in [1.29, 1.82) is 0 Å². The molecule has 0 aliphatic heterocycles. The molecule has 1 aromatic rings. The van der Waals surface area contributed by atoms with Crippen molar-refractivity contribution < 1.29 is 19.1 Å². The van der Waals surface area contributed by atoms with Crippen molar-refractivity contribution in [2.45, 2.75) is 56.7 Å². The molecule has 0 spiro atoms. The van der Waals surface area contributed by atoms with Crippen LogP contribution < -0.4 is 5.32 Å². The first kappa shape index (κ1) is 14.0. The summed E-state index contributed by atoms with van der Waals surface area (Å²) in [5, 5.41) is 12.2. The summed E-state index contributed by atoms with van der Waals surface area (Å²) in [6, 6.07) is 3.51. The van der Waals surface area contributed by atoms with Crippen LogP contribution in [0.4, 0.5) is 4.79 Å². The minimum atomic E-state index is -1.09. The molecule has 6 nitrogen and oxygen atoms in total. The van der Waals surface area contributed by atoms with E-state index in [-0.39, 0.29) is 12.1 Å². The molecule has 2 aliphatic rings. The molecule has 0 aromatic carbocycles. The Hall–Kier alpha value is -1.98. The molecule has 0 saturated heterocycles. The minimum absolute atomic E-state index is 0.197. The average molecular weight is 292 g/mol. The molecule has 2 N–H and O–H groups in total. The van der Waals surface area contributed by atoms with E-state index in [2.05, 4.69) is 5.32 Å². The van der Waals surface area contributed by atoms with Gasteiger partial charge in [0.25, 0.3) is 0 Å². The highest BCUT2D eigenvalue weighted by atomic mass is 16.4. The monoisotopic (exact) mass is 292 g/mol. The molecule has 6 heteroatoms. The maximum Gasteiger partial charge on any atom is 0.329 e. The third kappa shape index (κ3) is 2.89. The Morgan fingerprint density at radius 2 is 2.10 bits per heavy atom. The molecule has 0 unspecified atom stereocenters. The molecule has 2 aliphatic carbocycles. The van der Waals surface area contributed by atoms with Gasteiger partial charge in [-0.3, -0.25) is 0 Å². The zero-order chi connectivity index (χ0) is 14.9. The molecule has 2 fully saturated rings. The lowest BCUT2D eigenvalue weighted by molar-refractivity contribution is -0.144.